The van der Waals surface area contributed by atoms with Crippen LogP contribution >= 0.6 is 11.8 Å². The molecule has 0 amide bonds. The fourth-order valence-corrected chi connectivity index (χ4v) is 4.31. The van der Waals surface area contributed by atoms with Crippen molar-refractivity contribution < 1.29 is 32.2 Å². The number of carbonyl (C=O) groups excluding carboxylic acids is 1. The maximum atomic E-state index is 12.3. The van der Waals surface area contributed by atoms with Gasteiger partial charge in [-0.15, -0.1) is 13.2 Å². The highest BCUT2D eigenvalue weighted by molar-refractivity contribution is 8.13. The second-order valence-electron chi connectivity index (χ2n) is 10.1. The highest BCUT2D eigenvalue weighted by atomic mass is 32.2. The number of aryl methyl sites for hydroxylation is 2. The molecule has 0 aliphatic rings. The lowest BCUT2D eigenvalue weighted by Crippen LogP contribution is -2.19. The third-order valence-corrected chi connectivity index (χ3v) is 6.87. The fraction of sp³-hybridized carbons (Fsp3) is 0.281. The van der Waals surface area contributed by atoms with Crippen LogP contribution in [0.25, 0.3) is 0 Å². The van der Waals surface area contributed by atoms with Crippen LogP contribution in [0.1, 0.15) is 43.0 Å². The van der Waals surface area contributed by atoms with Gasteiger partial charge in [0.2, 0.25) is 0 Å². The summed E-state index contributed by atoms with van der Waals surface area (Å²) in [7, 11) is 1.61. The van der Waals surface area contributed by atoms with Crippen molar-refractivity contribution in [3.8, 4) is 11.5 Å². The Kier molecular flexibility index (Phi) is 12.7. The van der Waals surface area contributed by atoms with E-state index in [0.717, 1.165) is 40.3 Å². The van der Waals surface area contributed by atoms with E-state index >= 15 is 0 Å². The lowest BCUT2D eigenvalue weighted by atomic mass is 10.1. The summed E-state index contributed by atoms with van der Waals surface area (Å²) in [4.78, 5) is 24.9. The number of esters is 1. The normalized spacial score (nSPS) is 12.9. The molecule has 3 aromatic carbocycles. The number of nitrogens with zero attached hydrogens (tertiary/aromatic N) is 4. The third kappa shape index (κ3) is 11.3. The Balaban J connectivity index is 1.72. The molecule has 0 saturated heterocycles. The monoisotopic (exact) mass is 656 g/mol. The topological polar surface area (TPSA) is 132 Å². The largest absolute Gasteiger partial charge is 0.573 e. The first-order valence-corrected chi connectivity index (χ1v) is 14.9. The molecule has 0 fully saturated rings. The molecule has 0 radical (unpaired) electrons. The zero-order chi connectivity index (χ0) is 33.9. The Morgan fingerprint density at radius 2 is 1.61 bits per heavy atom. The Labute approximate surface area is 269 Å². The molecule has 0 aromatic heterocycles. The number of amidine groups is 2. The maximum Gasteiger partial charge on any atom is 0.573 e. The number of nitrogens with two attached hydrogens (primary N) is 1. The molecule has 0 unspecified atom stereocenters. The third-order valence-electron chi connectivity index (χ3n) is 6.17. The van der Waals surface area contributed by atoms with Crippen LogP contribution in [-0.4, -0.2) is 48.4 Å². The minimum atomic E-state index is -4.77. The summed E-state index contributed by atoms with van der Waals surface area (Å²) < 4.78 is 51.5. The average molecular weight is 657 g/mol. The second-order valence-corrected chi connectivity index (χ2v) is 11.0. The van der Waals surface area contributed by atoms with E-state index in [4.69, 9.17) is 20.2 Å². The van der Waals surface area contributed by atoms with E-state index in [-0.39, 0.29) is 29.4 Å². The molecule has 3 N–H and O–H groups in total. The van der Waals surface area contributed by atoms with Crippen molar-refractivity contribution in [2.45, 2.75) is 41.0 Å². The van der Waals surface area contributed by atoms with Gasteiger partial charge in [-0.1, -0.05) is 38.1 Å². The van der Waals surface area contributed by atoms with Gasteiger partial charge in [-0.2, -0.15) is 5.10 Å². The number of nitrogens with one attached hydrogen (secondary N) is 1. The number of benzene rings is 3. The molecule has 0 atom stereocenters. The van der Waals surface area contributed by atoms with Crippen molar-refractivity contribution in [2.24, 2.45) is 31.7 Å². The number of hydrogen-bond donors (Lipinski definition) is 2. The smallest absolute Gasteiger partial charge is 0.497 e. The molecular weight excluding hydrogens is 621 g/mol. The molecule has 0 aliphatic heterocycles. The Bertz CT molecular complexity index is 1600. The van der Waals surface area contributed by atoms with E-state index in [1.807, 2.05) is 45.0 Å². The predicted molar refractivity (Wildman–Crippen MR) is 177 cm³/mol. The predicted octanol–water partition coefficient (Wildman–Crippen LogP) is 7.17. The summed E-state index contributed by atoms with van der Waals surface area (Å²) in [5.41, 5.74) is 14.1. The molecular formula is C32H35F3N6O4S. The molecule has 244 valence electrons. The first kappa shape index (κ1) is 35.6. The van der Waals surface area contributed by atoms with Crippen molar-refractivity contribution in [2.75, 3.05) is 13.0 Å². The van der Waals surface area contributed by atoms with Crippen molar-refractivity contribution in [1.29, 1.82) is 0 Å². The van der Waals surface area contributed by atoms with E-state index in [1.165, 1.54) is 30.2 Å². The van der Waals surface area contributed by atoms with Gasteiger partial charge >= 0.3 is 12.3 Å². The zero-order valence-electron chi connectivity index (χ0n) is 26.2. The highest BCUT2D eigenvalue weighted by Crippen LogP contribution is 2.30. The van der Waals surface area contributed by atoms with Gasteiger partial charge in [0.05, 0.1) is 30.1 Å². The summed E-state index contributed by atoms with van der Waals surface area (Å²) >= 11 is 1.20. The summed E-state index contributed by atoms with van der Waals surface area (Å²) in [5.74, 6) is 0.0567. The molecule has 46 heavy (non-hydrogen) atoms. The van der Waals surface area contributed by atoms with Crippen LogP contribution in [0, 0.1) is 19.8 Å². The zero-order valence-corrected chi connectivity index (χ0v) is 27.0. The lowest BCUT2D eigenvalue weighted by Gasteiger charge is -2.12. The first-order chi connectivity index (χ1) is 21.8. The molecule has 3 aromatic rings. The molecule has 0 saturated carbocycles. The summed E-state index contributed by atoms with van der Waals surface area (Å²) in [6.07, 6.45) is -3.56. The van der Waals surface area contributed by atoms with Gasteiger partial charge in [-0.05, 0) is 85.6 Å². The number of alkyl halides is 3. The Morgan fingerprint density at radius 3 is 2.17 bits per heavy atom. The van der Waals surface area contributed by atoms with E-state index in [1.54, 1.807) is 33.1 Å². The lowest BCUT2D eigenvalue weighted by molar-refractivity contribution is -0.274. The van der Waals surface area contributed by atoms with Crippen LogP contribution in [0.5, 0.6) is 11.5 Å². The summed E-state index contributed by atoms with van der Waals surface area (Å²) in [6.45, 7) is 9.21. The summed E-state index contributed by atoms with van der Waals surface area (Å²) in [6, 6.07) is 16.0. The first-order valence-electron chi connectivity index (χ1n) is 13.9. The van der Waals surface area contributed by atoms with Crippen molar-refractivity contribution >= 4 is 52.2 Å². The van der Waals surface area contributed by atoms with Crippen LogP contribution in [0.15, 0.2) is 80.7 Å². The number of aliphatic imine (C=N–C) groups is 3. The number of hydrogen-bond acceptors (Lipinski definition) is 8. The molecule has 0 aliphatic carbocycles. The number of halogens is 3. The second kappa shape index (κ2) is 16.5. The van der Waals surface area contributed by atoms with Crippen LogP contribution < -0.4 is 20.6 Å². The van der Waals surface area contributed by atoms with Crippen LogP contribution in [-0.2, 0) is 9.53 Å². The standard InChI is InChI=1S/C32H35F3N6O4S/c1-19(2)30(42)44-18-46-31(39-28-20(3)15-27(43-6)16-21(28)4)41-40-22(5)23-7-9-24(10-8-23)29(36)38-17-37-25-11-13-26(14-12-25)45-32(33,34)35/h7-17,19H,18H2,1-6H3,(H,39,41)(H2,36,37,38)/b40-22+. The van der Waals surface area contributed by atoms with Gasteiger partial charge in [-0.25, -0.2) is 15.0 Å². The van der Waals surface area contributed by atoms with Gasteiger partial charge in [0.25, 0.3) is 0 Å². The number of thioether (sulfide) groups is 1. The number of rotatable bonds is 11. The number of carbonyl (C=O) groups is 1. The molecule has 0 spiro atoms. The van der Waals surface area contributed by atoms with E-state index in [9.17, 15) is 18.0 Å². The number of ether oxygens (including phenoxy) is 3. The van der Waals surface area contributed by atoms with Gasteiger partial charge in [-0.3, -0.25) is 10.2 Å². The Morgan fingerprint density at radius 1 is 1.00 bits per heavy atom. The maximum absolute atomic E-state index is 12.3. The quantitative estimate of drug-likeness (QED) is 0.0736. The minimum absolute atomic E-state index is 0.0556. The van der Waals surface area contributed by atoms with Crippen LogP contribution in [0.2, 0.25) is 0 Å². The van der Waals surface area contributed by atoms with Gasteiger partial charge in [0.1, 0.15) is 29.6 Å². The molecule has 10 nitrogen and oxygen atoms in total. The van der Waals surface area contributed by atoms with Crippen LogP contribution in [0.4, 0.5) is 24.5 Å². The van der Waals surface area contributed by atoms with E-state index in [0.29, 0.717) is 22.1 Å². The van der Waals surface area contributed by atoms with Crippen molar-refractivity contribution in [3.05, 3.63) is 82.9 Å². The van der Waals surface area contributed by atoms with E-state index in [2.05, 4.69) is 25.2 Å². The van der Waals surface area contributed by atoms with Gasteiger partial charge in [0.15, 0.2) is 5.17 Å². The van der Waals surface area contributed by atoms with Crippen LogP contribution in [0.3, 0.4) is 0 Å². The van der Waals surface area contributed by atoms with E-state index < -0.39 is 6.36 Å². The average Bonchev–Trinajstić information content (AvgIpc) is 3.00. The fourth-order valence-electron chi connectivity index (χ4n) is 3.76. The molecule has 0 heterocycles. The van der Waals surface area contributed by atoms with Gasteiger partial charge in [0, 0.05) is 5.56 Å². The SMILES string of the molecule is COc1cc(C)c(N=C(N/N=C(\C)c2ccc(C(N)=NC=Nc3ccc(OC(F)(F)F)cc3)cc2)SCOC(=O)C(C)C)c(C)c1. The number of methoxy groups -OCH3 is 1. The Hall–Kier alpha value is -4.85. The van der Waals surface area contributed by atoms with Gasteiger partial charge < -0.3 is 19.9 Å². The van der Waals surface area contributed by atoms with Crippen molar-refractivity contribution in [1.82, 2.24) is 5.43 Å². The summed E-state index contributed by atoms with van der Waals surface area (Å²) in [5, 5.41) is 4.93. The molecule has 0 bridgehead atoms. The molecule has 3 rings (SSSR count). The van der Waals surface area contributed by atoms with Crippen molar-refractivity contribution in [3.63, 3.8) is 0 Å². The minimum Gasteiger partial charge on any atom is -0.497 e. The number of hydrazone groups is 1. The highest BCUT2D eigenvalue weighted by Gasteiger charge is 2.30. The molecule has 14 heteroatoms.